The Kier molecular flexibility index (Phi) is 3.45. The quantitative estimate of drug-likeness (QED) is 0.725. The van der Waals surface area contributed by atoms with Gasteiger partial charge in [0, 0.05) is 18.6 Å². The summed E-state index contributed by atoms with van der Waals surface area (Å²) in [6.45, 7) is 4.94. The Morgan fingerprint density at radius 2 is 2.00 bits per heavy atom. The summed E-state index contributed by atoms with van der Waals surface area (Å²) >= 11 is 0. The Morgan fingerprint density at radius 1 is 1.14 bits per heavy atom. The molecule has 0 bridgehead atoms. The number of nitrogens with one attached hydrogen (secondary N) is 1. The molecule has 2 heteroatoms. The van der Waals surface area contributed by atoms with Gasteiger partial charge in [0.2, 0.25) is 0 Å². The first-order chi connectivity index (χ1) is 6.75. The van der Waals surface area contributed by atoms with Crippen molar-refractivity contribution in [3.8, 4) is 0 Å². The van der Waals surface area contributed by atoms with Gasteiger partial charge in [-0.05, 0) is 45.2 Å². The van der Waals surface area contributed by atoms with Crippen LogP contribution in [0.4, 0.5) is 0 Å². The lowest BCUT2D eigenvalue weighted by Crippen LogP contribution is -2.48. The molecule has 82 valence electrons. The van der Waals surface area contributed by atoms with Crippen LogP contribution in [0, 0.1) is 5.92 Å². The highest BCUT2D eigenvalue weighted by Crippen LogP contribution is 2.26. The zero-order chi connectivity index (χ0) is 9.97. The topological polar surface area (TPSA) is 15.3 Å². The third kappa shape index (κ3) is 2.48. The van der Waals surface area contributed by atoms with Gasteiger partial charge in [0.05, 0.1) is 0 Å². The lowest BCUT2D eigenvalue weighted by atomic mass is 10.0. The van der Waals surface area contributed by atoms with Crippen molar-refractivity contribution < 1.29 is 0 Å². The third-order valence-electron chi connectivity index (χ3n) is 3.94. The first-order valence-electron chi connectivity index (χ1n) is 6.20. The molecular weight excluding hydrogens is 172 g/mol. The van der Waals surface area contributed by atoms with Crippen LogP contribution in [0.1, 0.15) is 39.0 Å². The Bertz CT molecular complexity index is 181. The first kappa shape index (κ1) is 10.4. The summed E-state index contributed by atoms with van der Waals surface area (Å²) < 4.78 is 0. The van der Waals surface area contributed by atoms with Crippen molar-refractivity contribution in [3.05, 3.63) is 0 Å². The van der Waals surface area contributed by atoms with E-state index in [1.807, 2.05) is 0 Å². The van der Waals surface area contributed by atoms with Gasteiger partial charge in [0.25, 0.3) is 0 Å². The van der Waals surface area contributed by atoms with Crippen LogP contribution >= 0.6 is 0 Å². The monoisotopic (exact) mass is 196 g/mol. The molecule has 14 heavy (non-hydrogen) atoms. The minimum Gasteiger partial charge on any atom is -0.310 e. The number of likely N-dealkylation sites (tertiary alicyclic amines) is 1. The van der Waals surface area contributed by atoms with Crippen molar-refractivity contribution in [2.75, 3.05) is 20.1 Å². The second-order valence-electron chi connectivity index (χ2n) is 5.28. The summed E-state index contributed by atoms with van der Waals surface area (Å²) in [6.07, 6.45) is 7.02. The van der Waals surface area contributed by atoms with Crippen LogP contribution in [-0.4, -0.2) is 37.1 Å². The molecule has 0 spiro atoms. The van der Waals surface area contributed by atoms with Gasteiger partial charge in [-0.2, -0.15) is 0 Å². The number of likely N-dealkylation sites (N-methyl/N-ethyl adjacent to an activating group) is 1. The summed E-state index contributed by atoms with van der Waals surface area (Å²) in [5.74, 6) is 0.905. The molecule has 1 aliphatic carbocycles. The Balaban J connectivity index is 1.78. The van der Waals surface area contributed by atoms with Gasteiger partial charge in [0.15, 0.2) is 0 Å². The average molecular weight is 196 g/mol. The minimum atomic E-state index is 0.763. The van der Waals surface area contributed by atoms with Crippen LogP contribution in [0.15, 0.2) is 0 Å². The van der Waals surface area contributed by atoms with Gasteiger partial charge in [-0.15, -0.1) is 0 Å². The fraction of sp³-hybridized carbons (Fsp3) is 1.00. The molecule has 0 aromatic rings. The molecule has 1 saturated heterocycles. The molecule has 2 fully saturated rings. The van der Waals surface area contributed by atoms with Crippen molar-refractivity contribution in [3.63, 3.8) is 0 Å². The Hall–Kier alpha value is -0.0800. The summed E-state index contributed by atoms with van der Waals surface area (Å²) in [5, 5.41) is 3.86. The Labute approximate surface area is 88.1 Å². The highest BCUT2D eigenvalue weighted by Gasteiger charge is 2.26. The zero-order valence-electron chi connectivity index (χ0n) is 9.63. The maximum atomic E-state index is 3.86. The van der Waals surface area contributed by atoms with E-state index in [1.54, 1.807) is 0 Å². The molecule has 1 saturated carbocycles. The van der Waals surface area contributed by atoms with E-state index in [2.05, 4.69) is 24.2 Å². The second-order valence-corrected chi connectivity index (χ2v) is 5.28. The van der Waals surface area contributed by atoms with E-state index in [1.165, 1.54) is 45.2 Å². The summed E-state index contributed by atoms with van der Waals surface area (Å²) in [7, 11) is 2.24. The molecule has 0 aromatic carbocycles. The number of hydrogen-bond donors (Lipinski definition) is 1. The third-order valence-corrected chi connectivity index (χ3v) is 3.94. The SMILES string of the molecule is CC1CCCC1NC1CCCN(C)C1. The van der Waals surface area contributed by atoms with Crippen molar-refractivity contribution in [1.82, 2.24) is 10.2 Å². The molecule has 0 radical (unpaired) electrons. The van der Waals surface area contributed by atoms with Crippen LogP contribution in [0.3, 0.4) is 0 Å². The predicted octanol–water partition coefficient (Wildman–Crippen LogP) is 1.86. The van der Waals surface area contributed by atoms with E-state index < -0.39 is 0 Å². The minimum absolute atomic E-state index is 0.763. The van der Waals surface area contributed by atoms with Crippen LogP contribution in [0.2, 0.25) is 0 Å². The molecule has 2 rings (SSSR count). The van der Waals surface area contributed by atoms with E-state index in [0.717, 1.165) is 18.0 Å². The van der Waals surface area contributed by atoms with Crippen LogP contribution < -0.4 is 5.32 Å². The maximum Gasteiger partial charge on any atom is 0.0198 e. The van der Waals surface area contributed by atoms with Crippen LogP contribution in [-0.2, 0) is 0 Å². The van der Waals surface area contributed by atoms with Gasteiger partial charge >= 0.3 is 0 Å². The van der Waals surface area contributed by atoms with Crippen molar-refractivity contribution in [2.45, 2.75) is 51.1 Å². The summed E-state index contributed by atoms with van der Waals surface area (Å²) in [6, 6.07) is 1.57. The zero-order valence-corrected chi connectivity index (χ0v) is 9.63. The molecule has 0 aromatic heterocycles. The van der Waals surface area contributed by atoms with Crippen LogP contribution in [0.25, 0.3) is 0 Å². The Morgan fingerprint density at radius 3 is 2.64 bits per heavy atom. The standard InChI is InChI=1S/C12H24N2/c1-10-5-3-7-12(10)13-11-6-4-8-14(2)9-11/h10-13H,3-9H2,1-2H3. The van der Waals surface area contributed by atoms with Gasteiger partial charge < -0.3 is 10.2 Å². The molecule has 2 nitrogen and oxygen atoms in total. The number of rotatable bonds is 2. The normalized spacial score (nSPS) is 40.3. The molecule has 0 amide bonds. The highest BCUT2D eigenvalue weighted by atomic mass is 15.1. The molecule has 1 heterocycles. The van der Waals surface area contributed by atoms with Crippen molar-refractivity contribution in [2.24, 2.45) is 5.92 Å². The van der Waals surface area contributed by atoms with Crippen molar-refractivity contribution in [1.29, 1.82) is 0 Å². The number of nitrogens with zero attached hydrogens (tertiary/aromatic N) is 1. The lowest BCUT2D eigenvalue weighted by molar-refractivity contribution is 0.209. The van der Waals surface area contributed by atoms with Gasteiger partial charge in [-0.1, -0.05) is 13.3 Å². The maximum absolute atomic E-state index is 3.86. The van der Waals surface area contributed by atoms with Gasteiger partial charge in [-0.3, -0.25) is 0 Å². The van der Waals surface area contributed by atoms with E-state index in [9.17, 15) is 0 Å². The average Bonchev–Trinajstić information content (AvgIpc) is 2.52. The lowest BCUT2D eigenvalue weighted by Gasteiger charge is -2.33. The van der Waals surface area contributed by atoms with Gasteiger partial charge in [0.1, 0.15) is 0 Å². The number of hydrogen-bond acceptors (Lipinski definition) is 2. The van der Waals surface area contributed by atoms with E-state index >= 15 is 0 Å². The van der Waals surface area contributed by atoms with Crippen LogP contribution in [0.5, 0.6) is 0 Å². The molecular formula is C12H24N2. The van der Waals surface area contributed by atoms with E-state index in [0.29, 0.717) is 0 Å². The van der Waals surface area contributed by atoms with E-state index in [4.69, 9.17) is 0 Å². The molecule has 2 aliphatic rings. The fourth-order valence-corrected chi connectivity index (χ4v) is 3.00. The molecule has 1 N–H and O–H groups in total. The summed E-state index contributed by atoms with van der Waals surface area (Å²) in [4.78, 5) is 2.46. The van der Waals surface area contributed by atoms with E-state index in [-0.39, 0.29) is 0 Å². The molecule has 3 atom stereocenters. The van der Waals surface area contributed by atoms with Crippen molar-refractivity contribution >= 4 is 0 Å². The summed E-state index contributed by atoms with van der Waals surface area (Å²) in [5.41, 5.74) is 0. The fourth-order valence-electron chi connectivity index (χ4n) is 3.00. The highest BCUT2D eigenvalue weighted by molar-refractivity contribution is 4.86. The molecule has 1 aliphatic heterocycles. The second kappa shape index (κ2) is 4.63. The smallest absolute Gasteiger partial charge is 0.0198 e. The predicted molar refractivity (Wildman–Crippen MR) is 60.5 cm³/mol. The molecule has 3 unspecified atom stereocenters. The first-order valence-corrected chi connectivity index (χ1v) is 6.20. The van der Waals surface area contributed by atoms with Gasteiger partial charge in [-0.25, -0.2) is 0 Å². The largest absolute Gasteiger partial charge is 0.310 e. The number of piperidine rings is 1.